The van der Waals surface area contributed by atoms with Gasteiger partial charge >= 0.3 is 0 Å². The molecule has 2 heteroatoms. The zero-order chi connectivity index (χ0) is 8.27. The lowest BCUT2D eigenvalue weighted by molar-refractivity contribution is 1.48. The summed E-state index contributed by atoms with van der Waals surface area (Å²) in [7, 11) is -0.544. The van der Waals surface area contributed by atoms with Gasteiger partial charge in [0.05, 0.1) is 0 Å². The summed E-state index contributed by atoms with van der Waals surface area (Å²) >= 11 is 5.87. The summed E-state index contributed by atoms with van der Waals surface area (Å²) in [5.41, 5.74) is 2.50. The van der Waals surface area contributed by atoms with Crippen LogP contribution in [0.4, 0.5) is 0 Å². The Morgan fingerprint density at radius 1 is 1.55 bits per heavy atom. The van der Waals surface area contributed by atoms with Gasteiger partial charge in [0.2, 0.25) is 0 Å². The van der Waals surface area contributed by atoms with Crippen LogP contribution in [0.25, 0.3) is 6.08 Å². The molecule has 1 rings (SSSR count). The van der Waals surface area contributed by atoms with E-state index in [4.69, 9.17) is 11.1 Å². The molecule has 11 heavy (non-hydrogen) atoms. The quantitative estimate of drug-likeness (QED) is 0.482. The lowest BCUT2D eigenvalue weighted by Crippen LogP contribution is -2.13. The van der Waals surface area contributed by atoms with Gasteiger partial charge in [-0.3, -0.25) is 0 Å². The van der Waals surface area contributed by atoms with Gasteiger partial charge < -0.3 is 0 Å². The van der Waals surface area contributed by atoms with Crippen LogP contribution in [0, 0.1) is 6.92 Å². The Bertz CT molecular complexity index is 268. The second-order valence-corrected chi connectivity index (χ2v) is 4.30. The van der Waals surface area contributed by atoms with Crippen molar-refractivity contribution >= 4 is 31.2 Å². The van der Waals surface area contributed by atoms with Crippen molar-refractivity contribution < 1.29 is 0 Å². The van der Waals surface area contributed by atoms with E-state index in [9.17, 15) is 0 Å². The predicted octanol–water partition coefficient (Wildman–Crippen LogP) is 1.59. The molecular weight excluding hydrogens is 172 g/mol. The van der Waals surface area contributed by atoms with Crippen LogP contribution in [0.3, 0.4) is 0 Å². The molecule has 58 valence electrons. The van der Waals surface area contributed by atoms with Gasteiger partial charge in [0.25, 0.3) is 0 Å². The Morgan fingerprint density at radius 3 is 2.82 bits per heavy atom. The smallest absolute Gasteiger partial charge is 0.156 e. The van der Waals surface area contributed by atoms with Gasteiger partial charge in [-0.1, -0.05) is 30.9 Å². The lowest BCUT2D eigenvalue weighted by Gasteiger charge is -2.03. The van der Waals surface area contributed by atoms with Crippen molar-refractivity contribution in [3.05, 3.63) is 35.9 Å². The summed E-state index contributed by atoms with van der Waals surface area (Å²) in [6.45, 7) is 5.84. The van der Waals surface area contributed by atoms with E-state index in [0.717, 1.165) is 0 Å². The first-order chi connectivity index (χ1) is 5.29. The van der Waals surface area contributed by atoms with Gasteiger partial charge in [0, 0.05) is 0 Å². The second kappa shape index (κ2) is 3.74. The summed E-state index contributed by atoms with van der Waals surface area (Å²) in [5.74, 6) is 0. The third-order valence-corrected chi connectivity index (χ3v) is 3.77. The van der Waals surface area contributed by atoms with Crippen LogP contribution in [0.2, 0.25) is 0 Å². The molecule has 0 N–H and O–H groups in total. The first kappa shape index (κ1) is 8.56. The zero-order valence-electron chi connectivity index (χ0n) is 6.60. The van der Waals surface area contributed by atoms with E-state index in [-0.39, 0.29) is 0 Å². The van der Waals surface area contributed by atoms with Crippen molar-refractivity contribution in [2.45, 2.75) is 6.92 Å². The summed E-state index contributed by atoms with van der Waals surface area (Å²) < 4.78 is 0. The van der Waals surface area contributed by atoms with Gasteiger partial charge in [0.15, 0.2) is 8.83 Å². The molecule has 0 fully saturated rings. The first-order valence-corrected chi connectivity index (χ1v) is 6.41. The van der Waals surface area contributed by atoms with E-state index < -0.39 is 8.83 Å². The van der Waals surface area contributed by atoms with E-state index >= 15 is 0 Å². The van der Waals surface area contributed by atoms with E-state index in [2.05, 4.69) is 25.6 Å². The van der Waals surface area contributed by atoms with Gasteiger partial charge in [-0.15, -0.1) is 0 Å². The SMILES string of the molecule is C=Cc1cccc([SiH2]Cl)c1C. The van der Waals surface area contributed by atoms with Crippen molar-refractivity contribution in [2.75, 3.05) is 0 Å². The summed E-state index contributed by atoms with van der Waals surface area (Å²) in [5, 5.41) is 1.32. The molecule has 0 aliphatic carbocycles. The highest BCUT2D eigenvalue weighted by Crippen LogP contribution is 2.05. The molecule has 0 radical (unpaired) electrons. The fraction of sp³-hybridized carbons (Fsp3) is 0.111. The number of hydrogen-bond acceptors (Lipinski definition) is 0. The topological polar surface area (TPSA) is 0 Å². The Morgan fingerprint density at radius 2 is 2.27 bits per heavy atom. The maximum atomic E-state index is 5.87. The number of hydrogen-bond donors (Lipinski definition) is 0. The fourth-order valence-corrected chi connectivity index (χ4v) is 2.57. The molecule has 0 aliphatic rings. The minimum absolute atomic E-state index is 0.544. The number of halogens is 1. The average Bonchev–Trinajstić information content (AvgIpc) is 2.05. The van der Waals surface area contributed by atoms with E-state index in [1.54, 1.807) is 0 Å². The molecule has 0 atom stereocenters. The van der Waals surface area contributed by atoms with E-state index in [1.807, 2.05) is 12.1 Å². The second-order valence-electron chi connectivity index (χ2n) is 2.47. The molecule has 0 amide bonds. The van der Waals surface area contributed by atoms with Crippen molar-refractivity contribution in [1.29, 1.82) is 0 Å². The Balaban J connectivity index is 3.20. The van der Waals surface area contributed by atoms with Gasteiger partial charge in [-0.05, 0) is 23.2 Å². The normalized spacial score (nSPS) is 10.7. The van der Waals surface area contributed by atoms with Crippen LogP contribution in [0.1, 0.15) is 11.1 Å². The maximum absolute atomic E-state index is 5.87. The monoisotopic (exact) mass is 182 g/mol. The molecule has 0 spiro atoms. The molecule has 0 aliphatic heterocycles. The predicted molar refractivity (Wildman–Crippen MR) is 55.3 cm³/mol. The third-order valence-electron chi connectivity index (χ3n) is 1.85. The molecule has 0 unspecified atom stereocenters. The summed E-state index contributed by atoms with van der Waals surface area (Å²) in [6, 6.07) is 6.20. The molecular formula is C9H11ClSi. The van der Waals surface area contributed by atoms with Crippen molar-refractivity contribution in [1.82, 2.24) is 0 Å². The Kier molecular flexibility index (Phi) is 2.91. The minimum Gasteiger partial charge on any atom is -0.170 e. The first-order valence-electron chi connectivity index (χ1n) is 3.56. The highest BCUT2D eigenvalue weighted by Gasteiger charge is 1.98. The van der Waals surface area contributed by atoms with Crippen LogP contribution in [-0.2, 0) is 0 Å². The number of benzene rings is 1. The van der Waals surface area contributed by atoms with Crippen molar-refractivity contribution in [2.24, 2.45) is 0 Å². The summed E-state index contributed by atoms with van der Waals surface area (Å²) in [4.78, 5) is 0. The third kappa shape index (κ3) is 1.73. The van der Waals surface area contributed by atoms with Crippen LogP contribution < -0.4 is 5.19 Å². The molecule has 0 saturated carbocycles. The van der Waals surface area contributed by atoms with Crippen molar-refractivity contribution in [3.63, 3.8) is 0 Å². The fourth-order valence-electron chi connectivity index (χ4n) is 1.07. The Labute approximate surface area is 74.4 Å². The van der Waals surface area contributed by atoms with Gasteiger partial charge in [0.1, 0.15) is 0 Å². The molecule has 0 saturated heterocycles. The van der Waals surface area contributed by atoms with Gasteiger partial charge in [-0.25, -0.2) is 0 Å². The maximum Gasteiger partial charge on any atom is 0.156 e. The summed E-state index contributed by atoms with van der Waals surface area (Å²) in [6.07, 6.45) is 1.87. The van der Waals surface area contributed by atoms with Crippen LogP contribution in [0.15, 0.2) is 24.8 Å². The molecule has 0 bridgehead atoms. The molecule has 0 nitrogen and oxygen atoms in total. The highest BCUT2D eigenvalue weighted by molar-refractivity contribution is 7.01. The average molecular weight is 183 g/mol. The minimum atomic E-state index is -0.544. The lowest BCUT2D eigenvalue weighted by atomic mass is 10.1. The highest BCUT2D eigenvalue weighted by atomic mass is 35.6. The Hall–Kier alpha value is -0.533. The van der Waals surface area contributed by atoms with Crippen LogP contribution >= 0.6 is 11.1 Å². The van der Waals surface area contributed by atoms with Crippen LogP contribution in [0.5, 0.6) is 0 Å². The molecule has 0 aromatic heterocycles. The van der Waals surface area contributed by atoms with Gasteiger partial charge in [-0.2, -0.15) is 11.1 Å². The molecule has 1 aromatic carbocycles. The van der Waals surface area contributed by atoms with E-state index in [0.29, 0.717) is 0 Å². The number of rotatable bonds is 2. The molecule has 1 aromatic rings. The van der Waals surface area contributed by atoms with E-state index in [1.165, 1.54) is 16.3 Å². The zero-order valence-corrected chi connectivity index (χ0v) is 8.77. The van der Waals surface area contributed by atoms with Crippen LogP contribution in [-0.4, -0.2) is 8.83 Å². The largest absolute Gasteiger partial charge is 0.170 e. The molecule has 0 heterocycles. The van der Waals surface area contributed by atoms with Crippen molar-refractivity contribution in [3.8, 4) is 0 Å². The standard InChI is InChI=1S/C9H11ClSi/c1-3-8-5-4-6-9(11-10)7(8)2/h3-6H,1,11H2,2H3.